The molecule has 0 radical (unpaired) electrons. The van der Waals surface area contributed by atoms with E-state index in [0.717, 1.165) is 19.3 Å². The molecule has 0 unspecified atom stereocenters. The molecule has 1 aliphatic rings. The summed E-state index contributed by atoms with van der Waals surface area (Å²) in [6, 6.07) is 3.50. The van der Waals surface area contributed by atoms with Gasteiger partial charge in [-0.3, -0.25) is 9.59 Å². The maximum Gasteiger partial charge on any atom is 0.314 e. The average molecular weight is 370 g/mol. The van der Waals surface area contributed by atoms with Crippen molar-refractivity contribution in [3.8, 4) is 5.75 Å². The van der Waals surface area contributed by atoms with E-state index in [1.54, 1.807) is 12.1 Å². The molecule has 0 bridgehead atoms. The van der Waals surface area contributed by atoms with Gasteiger partial charge in [0.25, 0.3) is 0 Å². The summed E-state index contributed by atoms with van der Waals surface area (Å²) in [5.41, 5.74) is 0.0616. The maximum atomic E-state index is 12.1. The molecule has 1 aliphatic carbocycles. The van der Waals surface area contributed by atoms with Gasteiger partial charge < -0.3 is 15.2 Å². The first kappa shape index (κ1) is 16.8. The lowest BCUT2D eigenvalue weighted by Gasteiger charge is -2.36. The van der Waals surface area contributed by atoms with Gasteiger partial charge in [-0.25, -0.2) is 0 Å². The zero-order valence-electron chi connectivity index (χ0n) is 12.7. The predicted molar refractivity (Wildman–Crippen MR) is 87.4 cm³/mol. The van der Waals surface area contributed by atoms with E-state index in [0.29, 0.717) is 34.3 Å². The van der Waals surface area contributed by atoms with E-state index in [2.05, 4.69) is 21.2 Å². The first-order valence-corrected chi connectivity index (χ1v) is 8.09. The normalized spacial score (nSPS) is 16.9. The number of carbonyl (C=O) groups is 2. The van der Waals surface area contributed by atoms with Crippen LogP contribution in [-0.2, 0) is 15.0 Å². The van der Waals surface area contributed by atoms with E-state index in [-0.39, 0.29) is 5.91 Å². The highest BCUT2D eigenvalue weighted by atomic mass is 79.9. The Morgan fingerprint density at radius 3 is 2.41 bits per heavy atom. The molecule has 2 rings (SSSR count). The van der Waals surface area contributed by atoms with Crippen molar-refractivity contribution in [2.45, 2.75) is 44.4 Å². The smallest absolute Gasteiger partial charge is 0.314 e. The van der Waals surface area contributed by atoms with Gasteiger partial charge >= 0.3 is 5.97 Å². The summed E-state index contributed by atoms with van der Waals surface area (Å²) in [7, 11) is 1.51. The number of rotatable bonds is 4. The minimum absolute atomic E-state index is 0.256. The van der Waals surface area contributed by atoms with Crippen LogP contribution in [0.25, 0.3) is 0 Å². The SMILES string of the molecule is COc1ccc(Br)c(C2(C(=O)O)CCCCC2)c1NC(C)=O. The van der Waals surface area contributed by atoms with Gasteiger partial charge in [0.05, 0.1) is 18.2 Å². The predicted octanol–water partition coefficient (Wildman–Crippen LogP) is 3.70. The first-order chi connectivity index (χ1) is 10.4. The molecule has 0 aliphatic heterocycles. The molecule has 1 saturated carbocycles. The van der Waals surface area contributed by atoms with E-state index in [1.165, 1.54) is 14.0 Å². The second-order valence-corrected chi connectivity index (χ2v) is 6.48. The lowest BCUT2D eigenvalue weighted by molar-refractivity contribution is -0.145. The number of carbonyl (C=O) groups excluding carboxylic acids is 1. The van der Waals surface area contributed by atoms with Crippen LogP contribution in [0.4, 0.5) is 5.69 Å². The van der Waals surface area contributed by atoms with Crippen LogP contribution in [0.2, 0.25) is 0 Å². The zero-order chi connectivity index (χ0) is 16.3. The molecule has 22 heavy (non-hydrogen) atoms. The van der Waals surface area contributed by atoms with Crippen molar-refractivity contribution >= 4 is 33.5 Å². The van der Waals surface area contributed by atoms with Crippen LogP contribution >= 0.6 is 15.9 Å². The fourth-order valence-corrected chi connectivity index (χ4v) is 3.93. The van der Waals surface area contributed by atoms with E-state index < -0.39 is 11.4 Å². The quantitative estimate of drug-likeness (QED) is 0.848. The van der Waals surface area contributed by atoms with Crippen LogP contribution in [0, 0.1) is 0 Å². The van der Waals surface area contributed by atoms with Crippen molar-refractivity contribution < 1.29 is 19.4 Å². The molecular formula is C16H20BrNO4. The molecule has 0 atom stereocenters. The third kappa shape index (κ3) is 2.97. The number of ether oxygens (including phenoxy) is 1. The number of nitrogens with one attached hydrogen (secondary N) is 1. The van der Waals surface area contributed by atoms with Crippen LogP contribution in [0.15, 0.2) is 16.6 Å². The number of carboxylic acid groups (broad SMARTS) is 1. The topological polar surface area (TPSA) is 75.6 Å². The Kier molecular flexibility index (Phi) is 5.11. The van der Waals surface area contributed by atoms with Gasteiger partial charge in [-0.15, -0.1) is 0 Å². The molecule has 1 amide bonds. The zero-order valence-corrected chi connectivity index (χ0v) is 14.3. The Morgan fingerprint density at radius 1 is 1.27 bits per heavy atom. The summed E-state index contributed by atoms with van der Waals surface area (Å²) in [6.45, 7) is 1.40. The highest BCUT2D eigenvalue weighted by Gasteiger charge is 2.45. The van der Waals surface area contributed by atoms with Gasteiger partial charge in [0.1, 0.15) is 5.75 Å². The lowest BCUT2D eigenvalue weighted by atomic mass is 9.69. The number of anilines is 1. The summed E-state index contributed by atoms with van der Waals surface area (Å²) in [5.74, 6) is -0.638. The number of carboxylic acids is 1. The van der Waals surface area contributed by atoms with Crippen molar-refractivity contribution in [1.29, 1.82) is 0 Å². The molecule has 1 aromatic rings. The summed E-state index contributed by atoms with van der Waals surface area (Å²) in [4.78, 5) is 23.7. The second-order valence-electron chi connectivity index (χ2n) is 5.63. The molecule has 1 aromatic carbocycles. The van der Waals surface area contributed by atoms with E-state index in [4.69, 9.17) is 4.74 Å². The minimum Gasteiger partial charge on any atom is -0.495 e. The van der Waals surface area contributed by atoms with Gasteiger partial charge in [-0.1, -0.05) is 35.2 Å². The summed E-state index contributed by atoms with van der Waals surface area (Å²) in [6.07, 6.45) is 3.86. The van der Waals surface area contributed by atoms with E-state index >= 15 is 0 Å². The summed E-state index contributed by atoms with van der Waals surface area (Å²) in [5, 5.41) is 12.7. The third-order valence-electron chi connectivity index (χ3n) is 4.23. The van der Waals surface area contributed by atoms with Crippen molar-refractivity contribution in [2.24, 2.45) is 0 Å². The molecule has 6 heteroatoms. The molecular weight excluding hydrogens is 350 g/mol. The fraction of sp³-hybridized carbons (Fsp3) is 0.500. The Balaban J connectivity index is 2.69. The Bertz CT molecular complexity index is 594. The number of amides is 1. The molecule has 0 aromatic heterocycles. The highest BCUT2D eigenvalue weighted by Crippen LogP contribution is 2.48. The van der Waals surface area contributed by atoms with Gasteiger partial charge in [0, 0.05) is 17.0 Å². The minimum atomic E-state index is -0.997. The molecule has 0 spiro atoms. The second kappa shape index (κ2) is 6.69. The van der Waals surface area contributed by atoms with Gasteiger partial charge in [-0.05, 0) is 25.0 Å². The van der Waals surface area contributed by atoms with Gasteiger partial charge in [0.15, 0.2) is 0 Å². The van der Waals surface area contributed by atoms with Crippen molar-refractivity contribution in [3.63, 3.8) is 0 Å². The van der Waals surface area contributed by atoms with Crippen LogP contribution in [0.5, 0.6) is 5.75 Å². The number of benzene rings is 1. The average Bonchev–Trinajstić information content (AvgIpc) is 2.47. The highest BCUT2D eigenvalue weighted by molar-refractivity contribution is 9.10. The van der Waals surface area contributed by atoms with Crippen LogP contribution in [0.1, 0.15) is 44.6 Å². The van der Waals surface area contributed by atoms with Crippen LogP contribution in [-0.4, -0.2) is 24.1 Å². The summed E-state index contributed by atoms with van der Waals surface area (Å²) >= 11 is 3.47. The molecule has 1 fully saturated rings. The Hall–Kier alpha value is -1.56. The molecule has 5 nitrogen and oxygen atoms in total. The largest absolute Gasteiger partial charge is 0.495 e. The van der Waals surface area contributed by atoms with Crippen molar-refractivity contribution in [1.82, 2.24) is 0 Å². The Labute approximate surface area is 138 Å². The van der Waals surface area contributed by atoms with E-state index in [1.807, 2.05) is 0 Å². The number of aliphatic carboxylic acids is 1. The number of hydrogen-bond donors (Lipinski definition) is 2. The van der Waals surface area contributed by atoms with E-state index in [9.17, 15) is 14.7 Å². The maximum absolute atomic E-state index is 12.1. The molecule has 2 N–H and O–H groups in total. The number of halogens is 1. The first-order valence-electron chi connectivity index (χ1n) is 7.30. The van der Waals surface area contributed by atoms with Crippen LogP contribution < -0.4 is 10.1 Å². The third-order valence-corrected chi connectivity index (χ3v) is 4.89. The lowest BCUT2D eigenvalue weighted by Crippen LogP contribution is -2.39. The number of hydrogen-bond acceptors (Lipinski definition) is 3. The Morgan fingerprint density at radius 2 is 1.91 bits per heavy atom. The van der Waals surface area contributed by atoms with Gasteiger partial charge in [-0.2, -0.15) is 0 Å². The van der Waals surface area contributed by atoms with Crippen molar-refractivity contribution in [3.05, 3.63) is 22.2 Å². The van der Waals surface area contributed by atoms with Crippen molar-refractivity contribution in [2.75, 3.05) is 12.4 Å². The van der Waals surface area contributed by atoms with Gasteiger partial charge in [0.2, 0.25) is 5.91 Å². The monoisotopic (exact) mass is 369 g/mol. The number of methoxy groups -OCH3 is 1. The summed E-state index contributed by atoms with van der Waals surface area (Å²) < 4.78 is 6.01. The standard InChI is InChI=1S/C16H20BrNO4/c1-10(19)18-14-12(22-2)7-6-11(17)13(14)16(15(20)21)8-4-3-5-9-16/h6-7H,3-5,8-9H2,1-2H3,(H,18,19)(H,20,21). The molecule has 120 valence electrons. The van der Waals surface area contributed by atoms with Crippen LogP contribution in [0.3, 0.4) is 0 Å². The molecule has 0 heterocycles. The molecule has 0 saturated heterocycles. The fourth-order valence-electron chi connectivity index (χ4n) is 3.22.